The Morgan fingerprint density at radius 2 is 1.85 bits per heavy atom. The van der Waals surface area contributed by atoms with Crippen molar-refractivity contribution in [2.45, 2.75) is 39.2 Å². The van der Waals surface area contributed by atoms with Gasteiger partial charge in [0.25, 0.3) is 0 Å². The maximum absolute atomic E-state index is 11.8. The first-order valence-corrected chi connectivity index (χ1v) is 10.9. The standard InChI is InChI=1S/C19H22N4O3S/c1-13-3-5-15(6-4-13)19-20-18(11-17-14(2)12-26-22-17)23(21-19)16-7-9-27(24,25)10-8-16/h3-6,12,16H,7-11H2,1-2H3. The van der Waals surface area contributed by atoms with Crippen LogP contribution >= 0.6 is 0 Å². The van der Waals surface area contributed by atoms with Crippen LogP contribution in [-0.2, 0) is 16.3 Å². The summed E-state index contributed by atoms with van der Waals surface area (Å²) in [5.41, 5.74) is 3.91. The lowest BCUT2D eigenvalue weighted by Gasteiger charge is -2.23. The second-order valence-electron chi connectivity index (χ2n) is 7.17. The minimum absolute atomic E-state index is 0.0300. The molecule has 0 radical (unpaired) electrons. The van der Waals surface area contributed by atoms with Crippen molar-refractivity contribution >= 4 is 9.84 Å². The van der Waals surface area contributed by atoms with Crippen molar-refractivity contribution in [1.29, 1.82) is 0 Å². The van der Waals surface area contributed by atoms with Crippen molar-refractivity contribution in [2.24, 2.45) is 0 Å². The van der Waals surface area contributed by atoms with E-state index in [0.717, 1.165) is 22.6 Å². The quantitative estimate of drug-likeness (QED) is 0.685. The van der Waals surface area contributed by atoms with Crippen LogP contribution in [0.1, 0.15) is 41.5 Å². The van der Waals surface area contributed by atoms with Crippen LogP contribution in [0, 0.1) is 13.8 Å². The Morgan fingerprint density at radius 1 is 1.15 bits per heavy atom. The average Bonchev–Trinajstić information content (AvgIpc) is 3.23. The summed E-state index contributed by atoms with van der Waals surface area (Å²) in [5, 5.41) is 8.81. The molecule has 27 heavy (non-hydrogen) atoms. The Balaban J connectivity index is 1.71. The largest absolute Gasteiger partial charge is 0.364 e. The monoisotopic (exact) mass is 386 g/mol. The van der Waals surface area contributed by atoms with Crippen molar-refractivity contribution < 1.29 is 12.9 Å². The molecule has 142 valence electrons. The first kappa shape index (κ1) is 17.9. The van der Waals surface area contributed by atoms with Crippen LogP contribution in [0.25, 0.3) is 11.4 Å². The predicted octanol–water partition coefficient (Wildman–Crippen LogP) is 2.89. The number of benzene rings is 1. The molecule has 0 aliphatic carbocycles. The van der Waals surface area contributed by atoms with E-state index in [4.69, 9.17) is 14.6 Å². The van der Waals surface area contributed by atoms with E-state index >= 15 is 0 Å². The molecule has 0 atom stereocenters. The summed E-state index contributed by atoms with van der Waals surface area (Å²) in [6.07, 6.45) is 3.24. The lowest BCUT2D eigenvalue weighted by Crippen LogP contribution is -2.27. The summed E-state index contributed by atoms with van der Waals surface area (Å²) in [7, 11) is -2.93. The first-order valence-electron chi connectivity index (χ1n) is 9.04. The zero-order chi connectivity index (χ0) is 19.0. The van der Waals surface area contributed by atoms with Gasteiger partial charge in [0, 0.05) is 11.1 Å². The number of hydrogen-bond donors (Lipinski definition) is 0. The molecule has 1 aliphatic rings. The average molecular weight is 386 g/mol. The first-order chi connectivity index (χ1) is 12.9. The van der Waals surface area contributed by atoms with E-state index in [1.165, 1.54) is 5.56 Å². The van der Waals surface area contributed by atoms with Crippen LogP contribution in [0.2, 0.25) is 0 Å². The molecule has 8 heteroatoms. The van der Waals surface area contributed by atoms with Crippen molar-refractivity contribution in [2.75, 3.05) is 11.5 Å². The van der Waals surface area contributed by atoms with Crippen molar-refractivity contribution in [3.8, 4) is 11.4 Å². The number of hydrogen-bond acceptors (Lipinski definition) is 6. The number of sulfone groups is 1. The fourth-order valence-corrected chi connectivity index (χ4v) is 4.81. The number of rotatable bonds is 4. The summed E-state index contributed by atoms with van der Waals surface area (Å²) in [4.78, 5) is 4.76. The van der Waals surface area contributed by atoms with Crippen LogP contribution in [0.3, 0.4) is 0 Å². The SMILES string of the molecule is Cc1ccc(-c2nc(Cc3nocc3C)n(C3CCS(=O)(=O)CC3)n2)cc1. The lowest BCUT2D eigenvalue weighted by molar-refractivity contribution is 0.395. The van der Waals surface area contributed by atoms with Gasteiger partial charge in [-0.05, 0) is 26.7 Å². The van der Waals surface area contributed by atoms with Crippen molar-refractivity contribution in [3.63, 3.8) is 0 Å². The normalized spacial score (nSPS) is 17.3. The topological polar surface area (TPSA) is 90.9 Å². The number of aryl methyl sites for hydroxylation is 2. The zero-order valence-corrected chi connectivity index (χ0v) is 16.2. The predicted molar refractivity (Wildman–Crippen MR) is 101 cm³/mol. The molecule has 0 bridgehead atoms. The number of nitrogens with zero attached hydrogens (tertiary/aromatic N) is 4. The van der Waals surface area contributed by atoms with Crippen LogP contribution < -0.4 is 0 Å². The van der Waals surface area contributed by atoms with Crippen LogP contribution in [0.5, 0.6) is 0 Å². The summed E-state index contributed by atoms with van der Waals surface area (Å²) in [6, 6.07) is 8.11. The summed E-state index contributed by atoms with van der Waals surface area (Å²) < 4.78 is 30.6. The van der Waals surface area contributed by atoms with Gasteiger partial charge >= 0.3 is 0 Å². The Kier molecular flexibility index (Phi) is 4.59. The highest BCUT2D eigenvalue weighted by molar-refractivity contribution is 7.91. The molecule has 1 saturated heterocycles. The van der Waals surface area contributed by atoms with Gasteiger partial charge in [-0.15, -0.1) is 0 Å². The van der Waals surface area contributed by atoms with Crippen molar-refractivity contribution in [3.05, 3.63) is 53.2 Å². The minimum atomic E-state index is -2.93. The van der Waals surface area contributed by atoms with E-state index < -0.39 is 9.84 Å². The van der Waals surface area contributed by atoms with Gasteiger partial charge in [0.1, 0.15) is 21.9 Å². The molecule has 7 nitrogen and oxygen atoms in total. The Bertz CT molecular complexity index is 1040. The van der Waals surface area contributed by atoms with Gasteiger partial charge < -0.3 is 4.52 Å². The van der Waals surface area contributed by atoms with E-state index in [1.54, 1.807) is 6.26 Å². The van der Waals surface area contributed by atoms with Gasteiger partial charge in [-0.2, -0.15) is 5.10 Å². The highest BCUT2D eigenvalue weighted by atomic mass is 32.2. The third-order valence-corrected chi connectivity index (χ3v) is 6.77. The fraction of sp³-hybridized carbons (Fsp3) is 0.421. The van der Waals surface area contributed by atoms with Gasteiger partial charge in [-0.1, -0.05) is 35.0 Å². The molecule has 1 aliphatic heterocycles. The Labute approximate surface area is 158 Å². The van der Waals surface area contributed by atoms with Crippen molar-refractivity contribution in [1.82, 2.24) is 19.9 Å². The van der Waals surface area contributed by atoms with Gasteiger partial charge in [0.05, 0.1) is 29.7 Å². The Hall–Kier alpha value is -2.48. The molecule has 0 N–H and O–H groups in total. The molecule has 0 amide bonds. The maximum Gasteiger partial charge on any atom is 0.181 e. The molecule has 0 saturated carbocycles. The third-order valence-electron chi connectivity index (χ3n) is 5.05. The highest BCUT2D eigenvalue weighted by Crippen LogP contribution is 2.27. The van der Waals surface area contributed by atoms with E-state index in [-0.39, 0.29) is 17.5 Å². The van der Waals surface area contributed by atoms with Gasteiger partial charge in [0.2, 0.25) is 0 Å². The molecular weight excluding hydrogens is 364 g/mol. The second-order valence-corrected chi connectivity index (χ2v) is 9.47. The smallest absolute Gasteiger partial charge is 0.181 e. The third kappa shape index (κ3) is 3.80. The number of aromatic nitrogens is 4. The maximum atomic E-state index is 11.8. The minimum Gasteiger partial charge on any atom is -0.364 e. The zero-order valence-electron chi connectivity index (χ0n) is 15.4. The van der Waals surface area contributed by atoms with E-state index in [0.29, 0.717) is 25.1 Å². The second kappa shape index (κ2) is 6.92. The molecular formula is C19H22N4O3S. The fourth-order valence-electron chi connectivity index (χ4n) is 3.35. The molecule has 0 spiro atoms. The summed E-state index contributed by atoms with van der Waals surface area (Å²) in [6.45, 7) is 3.98. The summed E-state index contributed by atoms with van der Waals surface area (Å²) >= 11 is 0. The molecule has 2 aromatic heterocycles. The highest BCUT2D eigenvalue weighted by Gasteiger charge is 2.28. The molecule has 4 rings (SSSR count). The van der Waals surface area contributed by atoms with Crippen LogP contribution in [-0.4, -0.2) is 39.8 Å². The molecule has 3 aromatic rings. The van der Waals surface area contributed by atoms with E-state index in [1.807, 2.05) is 42.8 Å². The summed E-state index contributed by atoms with van der Waals surface area (Å²) in [5.74, 6) is 1.83. The van der Waals surface area contributed by atoms with Gasteiger partial charge in [-0.3, -0.25) is 0 Å². The van der Waals surface area contributed by atoms with Gasteiger partial charge in [-0.25, -0.2) is 18.1 Å². The molecule has 1 aromatic carbocycles. The molecule has 1 fully saturated rings. The van der Waals surface area contributed by atoms with Gasteiger partial charge in [0.15, 0.2) is 5.82 Å². The lowest BCUT2D eigenvalue weighted by atomic mass is 10.1. The van der Waals surface area contributed by atoms with E-state index in [9.17, 15) is 8.42 Å². The van der Waals surface area contributed by atoms with Crippen LogP contribution in [0.4, 0.5) is 0 Å². The molecule has 3 heterocycles. The molecule has 0 unspecified atom stereocenters. The van der Waals surface area contributed by atoms with Crippen LogP contribution in [0.15, 0.2) is 35.1 Å². The Morgan fingerprint density at radius 3 is 2.48 bits per heavy atom. The van der Waals surface area contributed by atoms with E-state index in [2.05, 4.69) is 5.16 Å².